The molecule has 2 fully saturated rings. The third-order valence-electron chi connectivity index (χ3n) is 10.4. The molecule has 2 heterocycles. The highest BCUT2D eigenvalue weighted by atomic mass is 35.5. The number of hydrogen-bond acceptors (Lipinski definition) is 6. The number of anilines is 1. The average Bonchev–Trinajstić information content (AvgIpc) is 3.77. The van der Waals surface area contributed by atoms with Crippen molar-refractivity contribution in [2.75, 3.05) is 31.6 Å². The number of benzene rings is 2. The smallest absolute Gasteiger partial charge is 0.246 e. The number of amides is 3. The quantitative estimate of drug-likeness (QED) is 0.367. The number of halogens is 1. The molecule has 45 heavy (non-hydrogen) atoms. The zero-order valence-electron chi connectivity index (χ0n) is 26.6. The molecule has 2 aromatic carbocycles. The molecule has 0 unspecified atom stereocenters. The van der Waals surface area contributed by atoms with Crippen LogP contribution in [-0.4, -0.2) is 79.6 Å². The summed E-state index contributed by atoms with van der Waals surface area (Å²) in [4.78, 5) is 46.5. The first-order chi connectivity index (χ1) is 21.8. The molecule has 0 bridgehead atoms. The van der Waals surface area contributed by atoms with E-state index in [0.717, 1.165) is 55.3 Å². The minimum absolute atomic E-state index is 0.0236. The van der Waals surface area contributed by atoms with Crippen molar-refractivity contribution < 1.29 is 19.1 Å². The van der Waals surface area contributed by atoms with Gasteiger partial charge in [-0.3, -0.25) is 14.4 Å². The number of fused-ring (bicyclic) bond motifs is 4. The molecule has 3 N–H and O–H groups in total. The van der Waals surface area contributed by atoms with Crippen molar-refractivity contribution in [2.45, 2.75) is 95.1 Å². The lowest BCUT2D eigenvalue weighted by Crippen LogP contribution is -2.67. The van der Waals surface area contributed by atoms with E-state index in [1.54, 1.807) is 11.9 Å². The van der Waals surface area contributed by atoms with Crippen LogP contribution in [0.25, 0.3) is 0 Å². The molecule has 2 aromatic rings. The second-order valence-corrected chi connectivity index (χ2v) is 13.4. The van der Waals surface area contributed by atoms with Crippen molar-refractivity contribution in [2.24, 2.45) is 5.92 Å². The van der Waals surface area contributed by atoms with Gasteiger partial charge in [0, 0.05) is 36.8 Å². The molecule has 2 aliphatic carbocycles. The summed E-state index contributed by atoms with van der Waals surface area (Å²) in [6, 6.07) is 12.0. The molecule has 2 aliphatic heterocycles. The Morgan fingerprint density at radius 1 is 1.02 bits per heavy atom. The zero-order chi connectivity index (χ0) is 31.7. The number of piperazine rings is 1. The van der Waals surface area contributed by atoms with E-state index in [1.807, 2.05) is 44.2 Å². The van der Waals surface area contributed by atoms with Gasteiger partial charge in [0.05, 0.1) is 24.2 Å². The Morgan fingerprint density at radius 2 is 1.80 bits per heavy atom. The highest BCUT2D eigenvalue weighted by molar-refractivity contribution is 6.30. The Labute approximate surface area is 271 Å². The molecule has 1 saturated carbocycles. The SMILES string of the molecule is CCO[C@H]1Cc2ccccc2[C@@H]1NC(=O)[C@@H]1CN2c3ccc(Cl)cc3C[C@H]2CN1C(=O)[C@@H](NC(=O)[C@H](CC)NC)C1CCCC1. The molecule has 0 aromatic heterocycles. The number of carbonyl (C=O) groups is 3. The van der Waals surface area contributed by atoms with Gasteiger partial charge in [-0.25, -0.2) is 0 Å². The summed E-state index contributed by atoms with van der Waals surface area (Å²) >= 11 is 6.36. The average molecular weight is 636 g/mol. The van der Waals surface area contributed by atoms with Gasteiger partial charge >= 0.3 is 0 Å². The number of carbonyl (C=O) groups excluding carboxylic acids is 3. The van der Waals surface area contributed by atoms with Crippen molar-refractivity contribution in [3.05, 3.63) is 64.2 Å². The first kappa shape index (κ1) is 31.8. The molecule has 0 radical (unpaired) electrons. The highest BCUT2D eigenvalue weighted by Gasteiger charge is 2.47. The Kier molecular flexibility index (Phi) is 9.68. The third-order valence-corrected chi connectivity index (χ3v) is 10.6. The molecular weight excluding hydrogens is 590 g/mol. The van der Waals surface area contributed by atoms with Gasteiger partial charge in [0.2, 0.25) is 17.7 Å². The summed E-state index contributed by atoms with van der Waals surface area (Å²) in [5.74, 6) is -0.493. The predicted molar refractivity (Wildman–Crippen MR) is 175 cm³/mol. The Balaban J connectivity index is 1.32. The molecule has 6 atom stereocenters. The zero-order valence-corrected chi connectivity index (χ0v) is 27.3. The number of nitrogens with zero attached hydrogens (tertiary/aromatic N) is 2. The van der Waals surface area contributed by atoms with Crippen LogP contribution >= 0.6 is 11.6 Å². The fourth-order valence-corrected chi connectivity index (χ4v) is 8.24. The van der Waals surface area contributed by atoms with E-state index < -0.39 is 12.1 Å². The van der Waals surface area contributed by atoms with Crippen LogP contribution in [0.3, 0.4) is 0 Å². The Bertz CT molecular complexity index is 1410. The minimum Gasteiger partial charge on any atom is -0.376 e. The second-order valence-electron chi connectivity index (χ2n) is 13.0. The third kappa shape index (κ3) is 6.31. The predicted octanol–water partition coefficient (Wildman–Crippen LogP) is 3.77. The van der Waals surface area contributed by atoms with Crippen LogP contribution in [0.5, 0.6) is 0 Å². The Hall–Kier alpha value is -3.14. The standard InChI is InChI=1S/C35H46ClN5O4/c1-4-27(37-3)33(42)38-31(21-10-6-7-11-21)35(44)41-19-25-17-23-16-24(36)14-15-28(23)40(25)20-29(41)34(43)39-32-26-13-9-8-12-22(26)18-30(32)45-5-2/h8-9,12-16,21,25,27,29-32,37H,4-7,10-11,17-20H2,1-3H3,(H,38,42)(H,39,43)/t25-,27-,29-,30-,31-,32-/m0/s1. The van der Waals surface area contributed by atoms with E-state index in [1.165, 1.54) is 5.56 Å². The molecule has 0 spiro atoms. The second kappa shape index (κ2) is 13.7. The first-order valence-corrected chi connectivity index (χ1v) is 17.0. The molecule has 242 valence electrons. The summed E-state index contributed by atoms with van der Waals surface area (Å²) in [7, 11) is 1.76. The summed E-state index contributed by atoms with van der Waals surface area (Å²) in [6.07, 6.45) is 5.74. The monoisotopic (exact) mass is 635 g/mol. The molecule has 3 amide bonds. The van der Waals surface area contributed by atoms with Crippen LogP contribution in [0.15, 0.2) is 42.5 Å². The van der Waals surface area contributed by atoms with E-state index in [9.17, 15) is 14.4 Å². The van der Waals surface area contributed by atoms with Gasteiger partial charge in [-0.2, -0.15) is 0 Å². The van der Waals surface area contributed by atoms with Gasteiger partial charge in [-0.1, -0.05) is 55.6 Å². The molecular formula is C35H46ClN5O4. The largest absolute Gasteiger partial charge is 0.376 e. The topological polar surface area (TPSA) is 103 Å². The molecule has 1 saturated heterocycles. The van der Waals surface area contributed by atoms with Gasteiger partial charge in [-0.05, 0) is 80.5 Å². The van der Waals surface area contributed by atoms with E-state index >= 15 is 0 Å². The van der Waals surface area contributed by atoms with E-state index in [2.05, 4.69) is 33.0 Å². The van der Waals surface area contributed by atoms with Crippen molar-refractivity contribution in [3.63, 3.8) is 0 Å². The highest BCUT2D eigenvalue weighted by Crippen LogP contribution is 2.39. The summed E-state index contributed by atoms with van der Waals surface area (Å²) in [6.45, 7) is 5.22. The van der Waals surface area contributed by atoms with Gasteiger partial charge in [0.1, 0.15) is 12.1 Å². The molecule has 9 nitrogen and oxygen atoms in total. The number of hydrogen-bond donors (Lipinski definition) is 3. The van der Waals surface area contributed by atoms with E-state index in [0.29, 0.717) is 31.1 Å². The molecule has 4 aliphatic rings. The van der Waals surface area contributed by atoms with Crippen LogP contribution < -0.4 is 20.9 Å². The van der Waals surface area contributed by atoms with Crippen LogP contribution in [-0.2, 0) is 32.0 Å². The molecule has 6 rings (SSSR count). The lowest BCUT2D eigenvalue weighted by molar-refractivity contribution is -0.146. The van der Waals surface area contributed by atoms with Gasteiger partial charge in [-0.15, -0.1) is 0 Å². The summed E-state index contributed by atoms with van der Waals surface area (Å²) in [5.41, 5.74) is 4.42. The van der Waals surface area contributed by atoms with Crippen molar-refractivity contribution in [1.82, 2.24) is 20.9 Å². The normalized spacial score (nSPS) is 25.3. The maximum atomic E-state index is 14.7. The fraction of sp³-hybridized carbons (Fsp3) is 0.571. The summed E-state index contributed by atoms with van der Waals surface area (Å²) in [5, 5.41) is 10.2. The maximum absolute atomic E-state index is 14.7. The maximum Gasteiger partial charge on any atom is 0.246 e. The number of rotatable bonds is 10. The molecule has 10 heteroatoms. The minimum atomic E-state index is -0.738. The van der Waals surface area contributed by atoms with Crippen molar-refractivity contribution in [3.8, 4) is 0 Å². The lowest BCUT2D eigenvalue weighted by Gasteiger charge is -2.46. The fourth-order valence-electron chi connectivity index (χ4n) is 8.05. The van der Waals surface area contributed by atoms with Crippen LogP contribution in [0.1, 0.15) is 68.7 Å². The van der Waals surface area contributed by atoms with Gasteiger partial charge < -0.3 is 30.5 Å². The first-order valence-electron chi connectivity index (χ1n) is 16.7. The van der Waals surface area contributed by atoms with Crippen LogP contribution in [0.2, 0.25) is 5.02 Å². The van der Waals surface area contributed by atoms with Crippen molar-refractivity contribution >= 4 is 35.0 Å². The van der Waals surface area contributed by atoms with Crippen LogP contribution in [0, 0.1) is 5.92 Å². The van der Waals surface area contributed by atoms with E-state index in [-0.39, 0.29) is 47.9 Å². The van der Waals surface area contributed by atoms with Gasteiger partial charge in [0.25, 0.3) is 0 Å². The van der Waals surface area contributed by atoms with Gasteiger partial charge in [0.15, 0.2) is 0 Å². The number of nitrogens with one attached hydrogen (secondary N) is 3. The lowest BCUT2D eigenvalue weighted by atomic mass is 9.94. The number of likely N-dealkylation sites (N-methyl/N-ethyl adjacent to an activating group) is 1. The van der Waals surface area contributed by atoms with Crippen LogP contribution in [0.4, 0.5) is 5.69 Å². The van der Waals surface area contributed by atoms with Crippen molar-refractivity contribution in [1.29, 1.82) is 0 Å². The Morgan fingerprint density at radius 3 is 2.53 bits per heavy atom. The van der Waals surface area contributed by atoms with E-state index in [4.69, 9.17) is 16.3 Å². The summed E-state index contributed by atoms with van der Waals surface area (Å²) < 4.78 is 6.11. The number of ether oxygens (including phenoxy) is 1.